The van der Waals surface area contributed by atoms with Crippen molar-refractivity contribution in [3.8, 4) is 0 Å². The van der Waals surface area contributed by atoms with Gasteiger partial charge in [0.25, 0.3) is 0 Å². The van der Waals surface area contributed by atoms with Gasteiger partial charge in [-0.1, -0.05) is 30.3 Å². The summed E-state index contributed by atoms with van der Waals surface area (Å²) in [7, 11) is 2.10. The Kier molecular flexibility index (Phi) is 4.93. The van der Waals surface area contributed by atoms with Crippen molar-refractivity contribution in [1.29, 1.82) is 0 Å². The first-order chi connectivity index (χ1) is 9.20. The molecule has 4 heteroatoms. The SMILES string of the molecule is CCOC(=O)C(NC1CCN(C)C1)c1ccccc1. The molecule has 1 fully saturated rings. The first-order valence-corrected chi connectivity index (χ1v) is 6.87. The summed E-state index contributed by atoms with van der Waals surface area (Å²) in [5.74, 6) is -0.191. The van der Waals surface area contributed by atoms with E-state index in [1.54, 1.807) is 0 Å². The Morgan fingerprint density at radius 2 is 2.21 bits per heavy atom. The van der Waals surface area contributed by atoms with Gasteiger partial charge in [0.1, 0.15) is 6.04 Å². The quantitative estimate of drug-likeness (QED) is 0.818. The van der Waals surface area contributed by atoms with Crippen molar-refractivity contribution in [2.75, 3.05) is 26.7 Å². The minimum absolute atomic E-state index is 0.191. The number of esters is 1. The molecular formula is C15H22N2O2. The summed E-state index contributed by atoms with van der Waals surface area (Å²) in [4.78, 5) is 14.4. The van der Waals surface area contributed by atoms with Gasteiger partial charge in [0.15, 0.2) is 0 Å². The molecule has 1 N–H and O–H groups in total. The van der Waals surface area contributed by atoms with Crippen molar-refractivity contribution in [3.05, 3.63) is 35.9 Å². The molecule has 2 rings (SSSR count). The summed E-state index contributed by atoms with van der Waals surface area (Å²) >= 11 is 0. The van der Waals surface area contributed by atoms with Crippen molar-refractivity contribution in [1.82, 2.24) is 10.2 Å². The fourth-order valence-electron chi connectivity index (χ4n) is 2.48. The first kappa shape index (κ1) is 14.0. The second-order valence-electron chi connectivity index (χ2n) is 5.01. The van der Waals surface area contributed by atoms with Gasteiger partial charge in [-0.05, 0) is 32.5 Å². The van der Waals surface area contributed by atoms with Gasteiger partial charge in [-0.15, -0.1) is 0 Å². The van der Waals surface area contributed by atoms with Crippen molar-refractivity contribution in [3.63, 3.8) is 0 Å². The predicted octanol–water partition coefficient (Wildman–Crippen LogP) is 1.58. The largest absolute Gasteiger partial charge is 0.465 e. The van der Waals surface area contributed by atoms with Crippen LogP contribution in [0.15, 0.2) is 30.3 Å². The smallest absolute Gasteiger partial charge is 0.327 e. The van der Waals surface area contributed by atoms with E-state index in [9.17, 15) is 4.79 Å². The van der Waals surface area contributed by atoms with Crippen LogP contribution in [0.5, 0.6) is 0 Å². The number of hydrogen-bond donors (Lipinski definition) is 1. The molecule has 0 radical (unpaired) electrons. The van der Waals surface area contributed by atoms with E-state index in [4.69, 9.17) is 4.74 Å². The number of carbonyl (C=O) groups excluding carboxylic acids is 1. The maximum atomic E-state index is 12.1. The molecule has 2 atom stereocenters. The lowest BCUT2D eigenvalue weighted by Gasteiger charge is -2.22. The highest BCUT2D eigenvalue weighted by Crippen LogP contribution is 2.18. The van der Waals surface area contributed by atoms with Crippen LogP contribution in [0.2, 0.25) is 0 Å². The third-order valence-electron chi connectivity index (χ3n) is 3.45. The van der Waals surface area contributed by atoms with Gasteiger partial charge in [-0.25, -0.2) is 4.79 Å². The van der Waals surface area contributed by atoms with Gasteiger partial charge in [0, 0.05) is 12.6 Å². The van der Waals surface area contributed by atoms with Gasteiger partial charge in [-0.3, -0.25) is 5.32 Å². The average Bonchev–Trinajstić information content (AvgIpc) is 2.83. The Hall–Kier alpha value is -1.39. The zero-order valence-electron chi connectivity index (χ0n) is 11.6. The van der Waals surface area contributed by atoms with E-state index in [2.05, 4.69) is 17.3 Å². The molecule has 0 saturated carbocycles. The van der Waals surface area contributed by atoms with Crippen LogP contribution in [0.25, 0.3) is 0 Å². The zero-order valence-corrected chi connectivity index (χ0v) is 11.6. The molecule has 0 amide bonds. The van der Waals surface area contributed by atoms with Crippen molar-refractivity contribution in [2.45, 2.75) is 25.4 Å². The van der Waals surface area contributed by atoms with E-state index in [-0.39, 0.29) is 12.0 Å². The molecule has 2 unspecified atom stereocenters. The van der Waals surface area contributed by atoms with Crippen LogP contribution in [-0.2, 0) is 9.53 Å². The highest BCUT2D eigenvalue weighted by Gasteiger charge is 2.28. The number of nitrogens with one attached hydrogen (secondary N) is 1. The molecule has 1 aliphatic rings. The molecule has 0 aliphatic carbocycles. The molecule has 0 bridgehead atoms. The molecule has 1 saturated heterocycles. The van der Waals surface area contributed by atoms with E-state index in [0.717, 1.165) is 25.1 Å². The molecule has 1 aliphatic heterocycles. The predicted molar refractivity (Wildman–Crippen MR) is 74.9 cm³/mol. The maximum Gasteiger partial charge on any atom is 0.327 e. The summed E-state index contributed by atoms with van der Waals surface area (Å²) in [5.41, 5.74) is 0.968. The normalized spacial score (nSPS) is 21.3. The Balaban J connectivity index is 2.08. The zero-order chi connectivity index (χ0) is 13.7. The molecule has 104 valence electrons. The lowest BCUT2D eigenvalue weighted by atomic mass is 10.1. The maximum absolute atomic E-state index is 12.1. The summed E-state index contributed by atoms with van der Waals surface area (Å²) < 4.78 is 5.18. The van der Waals surface area contributed by atoms with E-state index in [1.807, 2.05) is 37.3 Å². The van der Waals surface area contributed by atoms with Crippen LogP contribution in [0.1, 0.15) is 24.9 Å². The number of hydrogen-bond acceptors (Lipinski definition) is 4. The van der Waals surface area contributed by atoms with Gasteiger partial charge in [0.2, 0.25) is 0 Å². The van der Waals surface area contributed by atoms with Crippen molar-refractivity contribution < 1.29 is 9.53 Å². The van der Waals surface area contributed by atoms with Gasteiger partial charge in [0.05, 0.1) is 6.61 Å². The second-order valence-corrected chi connectivity index (χ2v) is 5.01. The third kappa shape index (κ3) is 3.78. The topological polar surface area (TPSA) is 41.6 Å². The van der Waals surface area contributed by atoms with Crippen molar-refractivity contribution in [2.24, 2.45) is 0 Å². The fraction of sp³-hybridized carbons (Fsp3) is 0.533. The van der Waals surface area contributed by atoms with Crippen LogP contribution in [-0.4, -0.2) is 43.7 Å². The molecule has 0 spiro atoms. The molecule has 1 heterocycles. The number of likely N-dealkylation sites (N-methyl/N-ethyl adjacent to an activating group) is 1. The molecule has 1 aromatic carbocycles. The van der Waals surface area contributed by atoms with E-state index < -0.39 is 0 Å². The van der Waals surface area contributed by atoms with E-state index in [1.165, 1.54) is 0 Å². The first-order valence-electron chi connectivity index (χ1n) is 6.87. The Labute approximate surface area is 114 Å². The average molecular weight is 262 g/mol. The minimum atomic E-state index is -0.363. The third-order valence-corrected chi connectivity index (χ3v) is 3.45. The van der Waals surface area contributed by atoms with Crippen LogP contribution in [0, 0.1) is 0 Å². The second kappa shape index (κ2) is 6.68. The summed E-state index contributed by atoms with van der Waals surface area (Å²) in [6.07, 6.45) is 1.07. The lowest BCUT2D eigenvalue weighted by Crippen LogP contribution is -2.39. The minimum Gasteiger partial charge on any atom is -0.465 e. The number of ether oxygens (including phenoxy) is 1. The van der Waals surface area contributed by atoms with E-state index >= 15 is 0 Å². The van der Waals surface area contributed by atoms with Gasteiger partial charge < -0.3 is 9.64 Å². The summed E-state index contributed by atoms with van der Waals surface area (Å²) in [5, 5.41) is 3.43. The molecular weight excluding hydrogens is 240 g/mol. The molecule has 0 aromatic heterocycles. The Morgan fingerprint density at radius 3 is 2.79 bits per heavy atom. The fourth-order valence-corrected chi connectivity index (χ4v) is 2.48. The highest BCUT2D eigenvalue weighted by atomic mass is 16.5. The lowest BCUT2D eigenvalue weighted by molar-refractivity contribution is -0.146. The molecule has 19 heavy (non-hydrogen) atoms. The van der Waals surface area contributed by atoms with Crippen molar-refractivity contribution >= 4 is 5.97 Å². The number of rotatable bonds is 5. The van der Waals surface area contributed by atoms with Crippen LogP contribution in [0.3, 0.4) is 0 Å². The Morgan fingerprint density at radius 1 is 1.47 bits per heavy atom. The standard InChI is InChI=1S/C15H22N2O2/c1-3-19-15(18)14(12-7-5-4-6-8-12)16-13-9-10-17(2)11-13/h4-8,13-14,16H,3,9-11H2,1-2H3. The van der Waals surface area contributed by atoms with Crippen LogP contribution >= 0.6 is 0 Å². The summed E-state index contributed by atoms with van der Waals surface area (Å²) in [6, 6.07) is 9.76. The van der Waals surface area contributed by atoms with E-state index in [0.29, 0.717) is 12.6 Å². The van der Waals surface area contributed by atoms with Crippen LogP contribution < -0.4 is 5.32 Å². The molecule has 1 aromatic rings. The van der Waals surface area contributed by atoms with Gasteiger partial charge in [-0.2, -0.15) is 0 Å². The summed E-state index contributed by atoms with van der Waals surface area (Å²) in [6.45, 7) is 4.29. The van der Waals surface area contributed by atoms with Crippen LogP contribution in [0.4, 0.5) is 0 Å². The number of carbonyl (C=O) groups is 1. The monoisotopic (exact) mass is 262 g/mol. The number of nitrogens with zero attached hydrogens (tertiary/aromatic N) is 1. The highest BCUT2D eigenvalue weighted by molar-refractivity contribution is 5.77. The Bertz CT molecular complexity index is 408. The molecule has 4 nitrogen and oxygen atoms in total. The van der Waals surface area contributed by atoms with Gasteiger partial charge >= 0.3 is 5.97 Å². The number of likely N-dealkylation sites (tertiary alicyclic amines) is 1. The number of benzene rings is 1.